The van der Waals surface area contributed by atoms with Crippen molar-refractivity contribution in [1.29, 1.82) is 0 Å². The van der Waals surface area contributed by atoms with Gasteiger partial charge < -0.3 is 11.1 Å². The highest BCUT2D eigenvalue weighted by Crippen LogP contribution is 2.25. The second-order valence-corrected chi connectivity index (χ2v) is 5.15. The van der Waals surface area contributed by atoms with Crippen LogP contribution in [0.2, 0.25) is 0 Å². The third kappa shape index (κ3) is 3.30. The SMILES string of the molecule is NC1CCCCCC1C(=O)Nc1cc(F)cc(F)c1F. The molecule has 3 N–H and O–H groups in total. The summed E-state index contributed by atoms with van der Waals surface area (Å²) in [5.41, 5.74) is 5.45. The summed E-state index contributed by atoms with van der Waals surface area (Å²) in [6.45, 7) is 0. The molecule has 2 atom stereocenters. The van der Waals surface area contributed by atoms with E-state index in [1.54, 1.807) is 0 Å². The predicted octanol–water partition coefficient (Wildman–Crippen LogP) is 2.95. The summed E-state index contributed by atoms with van der Waals surface area (Å²) in [6.07, 6.45) is 4.14. The van der Waals surface area contributed by atoms with Gasteiger partial charge in [-0.3, -0.25) is 4.79 Å². The molecule has 1 aliphatic rings. The van der Waals surface area contributed by atoms with Gasteiger partial charge in [0.1, 0.15) is 5.82 Å². The standard InChI is InChI=1S/C14H17F3N2O/c15-8-6-10(16)13(17)12(7-8)19-14(20)9-4-2-1-3-5-11(9)18/h6-7,9,11H,1-5,18H2,(H,19,20). The molecule has 0 radical (unpaired) electrons. The molecule has 0 spiro atoms. The van der Waals surface area contributed by atoms with E-state index >= 15 is 0 Å². The number of amides is 1. The van der Waals surface area contributed by atoms with Gasteiger partial charge in [-0.1, -0.05) is 19.3 Å². The van der Waals surface area contributed by atoms with Gasteiger partial charge in [0.25, 0.3) is 0 Å². The summed E-state index contributed by atoms with van der Waals surface area (Å²) in [5.74, 6) is -4.47. The summed E-state index contributed by atoms with van der Waals surface area (Å²) >= 11 is 0. The van der Waals surface area contributed by atoms with Gasteiger partial charge in [0.05, 0.1) is 11.6 Å². The molecule has 3 nitrogen and oxygen atoms in total. The van der Waals surface area contributed by atoms with Crippen molar-refractivity contribution in [2.75, 3.05) is 5.32 Å². The lowest BCUT2D eigenvalue weighted by molar-refractivity contribution is -0.120. The monoisotopic (exact) mass is 286 g/mol. The average molecular weight is 286 g/mol. The lowest BCUT2D eigenvalue weighted by Crippen LogP contribution is -2.38. The quantitative estimate of drug-likeness (QED) is 0.648. The van der Waals surface area contributed by atoms with Crippen molar-refractivity contribution in [3.05, 3.63) is 29.6 Å². The Balaban J connectivity index is 2.14. The first kappa shape index (κ1) is 14.8. The molecule has 1 aliphatic carbocycles. The molecule has 0 aromatic heterocycles. The normalized spacial score (nSPS) is 23.2. The summed E-state index contributed by atoms with van der Waals surface area (Å²) in [7, 11) is 0. The Kier molecular flexibility index (Phi) is 4.65. The van der Waals surface area contributed by atoms with Crippen molar-refractivity contribution < 1.29 is 18.0 Å². The van der Waals surface area contributed by atoms with Crippen LogP contribution in [-0.4, -0.2) is 11.9 Å². The largest absolute Gasteiger partial charge is 0.327 e. The molecule has 2 unspecified atom stereocenters. The Labute approximate surface area is 115 Å². The van der Waals surface area contributed by atoms with E-state index < -0.39 is 35.0 Å². The number of carbonyl (C=O) groups is 1. The van der Waals surface area contributed by atoms with E-state index in [4.69, 9.17) is 5.73 Å². The summed E-state index contributed by atoms with van der Waals surface area (Å²) in [5, 5.41) is 2.25. The zero-order chi connectivity index (χ0) is 14.7. The van der Waals surface area contributed by atoms with Gasteiger partial charge in [-0.05, 0) is 12.8 Å². The molecular formula is C14H17F3N2O. The molecule has 6 heteroatoms. The van der Waals surface area contributed by atoms with Crippen LogP contribution in [-0.2, 0) is 4.79 Å². The maximum atomic E-state index is 13.5. The van der Waals surface area contributed by atoms with Gasteiger partial charge in [0.2, 0.25) is 5.91 Å². The third-order valence-corrected chi connectivity index (χ3v) is 3.66. The van der Waals surface area contributed by atoms with Gasteiger partial charge in [0, 0.05) is 18.2 Å². The molecule has 20 heavy (non-hydrogen) atoms. The Bertz CT molecular complexity index is 507. The van der Waals surface area contributed by atoms with Crippen LogP contribution in [0.4, 0.5) is 18.9 Å². The molecule has 2 rings (SSSR count). The van der Waals surface area contributed by atoms with E-state index in [0.717, 1.165) is 31.7 Å². The molecule has 0 saturated heterocycles. The van der Waals surface area contributed by atoms with E-state index in [1.807, 2.05) is 0 Å². The second kappa shape index (κ2) is 6.26. The number of hydrogen-bond donors (Lipinski definition) is 2. The molecule has 0 aliphatic heterocycles. The van der Waals surface area contributed by atoms with Crippen molar-refractivity contribution >= 4 is 11.6 Å². The third-order valence-electron chi connectivity index (χ3n) is 3.66. The van der Waals surface area contributed by atoms with Crippen molar-refractivity contribution in [2.24, 2.45) is 11.7 Å². The van der Waals surface area contributed by atoms with E-state index in [0.29, 0.717) is 12.5 Å². The number of rotatable bonds is 2. The highest BCUT2D eigenvalue weighted by Gasteiger charge is 2.28. The molecule has 1 aromatic carbocycles. The lowest BCUT2D eigenvalue weighted by Gasteiger charge is -2.20. The number of halogens is 3. The first-order chi connectivity index (χ1) is 9.49. The Morgan fingerprint density at radius 3 is 2.60 bits per heavy atom. The Morgan fingerprint density at radius 1 is 1.15 bits per heavy atom. The minimum Gasteiger partial charge on any atom is -0.327 e. The van der Waals surface area contributed by atoms with Gasteiger partial charge in [-0.2, -0.15) is 0 Å². The zero-order valence-corrected chi connectivity index (χ0v) is 11.0. The van der Waals surface area contributed by atoms with Crippen LogP contribution in [0.5, 0.6) is 0 Å². The maximum Gasteiger partial charge on any atom is 0.229 e. The fraction of sp³-hybridized carbons (Fsp3) is 0.500. The fourth-order valence-electron chi connectivity index (χ4n) is 2.53. The van der Waals surface area contributed by atoms with Crippen LogP contribution < -0.4 is 11.1 Å². The smallest absolute Gasteiger partial charge is 0.229 e. The first-order valence-electron chi connectivity index (χ1n) is 6.70. The summed E-state index contributed by atoms with van der Waals surface area (Å²) < 4.78 is 39.6. The van der Waals surface area contributed by atoms with Gasteiger partial charge >= 0.3 is 0 Å². The van der Waals surface area contributed by atoms with Crippen molar-refractivity contribution in [2.45, 2.75) is 38.1 Å². The molecule has 0 bridgehead atoms. The van der Waals surface area contributed by atoms with Crippen molar-refractivity contribution in [1.82, 2.24) is 0 Å². The van der Waals surface area contributed by atoms with Gasteiger partial charge in [-0.15, -0.1) is 0 Å². The highest BCUT2D eigenvalue weighted by atomic mass is 19.2. The molecule has 1 aromatic rings. The second-order valence-electron chi connectivity index (χ2n) is 5.15. The lowest BCUT2D eigenvalue weighted by atomic mass is 9.94. The van der Waals surface area contributed by atoms with Gasteiger partial charge in [-0.25, -0.2) is 13.2 Å². The minimum absolute atomic E-state index is 0.307. The number of nitrogens with two attached hydrogens (primary N) is 1. The van der Waals surface area contributed by atoms with Crippen molar-refractivity contribution in [3.63, 3.8) is 0 Å². The number of anilines is 1. The Morgan fingerprint density at radius 2 is 1.85 bits per heavy atom. The number of nitrogens with one attached hydrogen (secondary N) is 1. The van der Waals surface area contributed by atoms with E-state index in [9.17, 15) is 18.0 Å². The van der Waals surface area contributed by atoms with Crippen molar-refractivity contribution in [3.8, 4) is 0 Å². The van der Waals surface area contributed by atoms with Crippen LogP contribution >= 0.6 is 0 Å². The number of hydrogen-bond acceptors (Lipinski definition) is 2. The van der Waals surface area contributed by atoms with E-state index in [-0.39, 0.29) is 6.04 Å². The van der Waals surface area contributed by atoms with E-state index in [1.165, 1.54) is 0 Å². The number of benzene rings is 1. The zero-order valence-electron chi connectivity index (χ0n) is 11.0. The maximum absolute atomic E-state index is 13.5. The molecule has 110 valence electrons. The van der Waals surface area contributed by atoms with E-state index in [2.05, 4.69) is 5.32 Å². The average Bonchev–Trinajstić information content (AvgIpc) is 2.60. The van der Waals surface area contributed by atoms with Gasteiger partial charge in [0.15, 0.2) is 11.6 Å². The van der Waals surface area contributed by atoms with Crippen LogP contribution in [0.25, 0.3) is 0 Å². The van der Waals surface area contributed by atoms with Crippen LogP contribution in [0.1, 0.15) is 32.1 Å². The highest BCUT2D eigenvalue weighted by molar-refractivity contribution is 5.93. The first-order valence-corrected chi connectivity index (χ1v) is 6.70. The topological polar surface area (TPSA) is 55.1 Å². The minimum atomic E-state index is -1.33. The molecule has 0 heterocycles. The number of carbonyl (C=O) groups excluding carboxylic acids is 1. The summed E-state index contributed by atoms with van der Waals surface area (Å²) in [4.78, 5) is 12.1. The molecular weight excluding hydrogens is 269 g/mol. The molecule has 1 amide bonds. The molecule has 1 fully saturated rings. The van der Waals surface area contributed by atoms with Crippen LogP contribution in [0, 0.1) is 23.4 Å². The molecule has 1 saturated carbocycles. The fourth-order valence-corrected chi connectivity index (χ4v) is 2.53. The van der Waals surface area contributed by atoms with Crippen LogP contribution in [0.15, 0.2) is 12.1 Å². The predicted molar refractivity (Wildman–Crippen MR) is 69.5 cm³/mol. The Hall–Kier alpha value is -1.56. The van der Waals surface area contributed by atoms with Crippen LogP contribution in [0.3, 0.4) is 0 Å². The summed E-state index contributed by atoms with van der Waals surface area (Å²) in [6, 6.07) is 0.889.